The smallest absolute Gasteiger partial charge is 0.262 e. The molecule has 1 saturated heterocycles. The summed E-state index contributed by atoms with van der Waals surface area (Å²) < 4.78 is 6.36. The number of nitriles is 1. The number of thiophene rings is 1. The van der Waals surface area contributed by atoms with Crippen molar-refractivity contribution in [1.29, 1.82) is 5.26 Å². The van der Waals surface area contributed by atoms with E-state index in [0.29, 0.717) is 66.1 Å². The monoisotopic (exact) mass is 563 g/mol. The Hall–Kier alpha value is -2.45. The molecule has 0 radical (unpaired) electrons. The van der Waals surface area contributed by atoms with E-state index in [4.69, 9.17) is 21.6 Å². The number of ether oxygens (including phenoxy) is 1. The summed E-state index contributed by atoms with van der Waals surface area (Å²) in [6.07, 6.45) is 5.22. The highest BCUT2D eigenvalue weighted by Crippen LogP contribution is 2.34. The minimum Gasteiger partial charge on any atom is -0.379 e. The maximum absolute atomic E-state index is 13.3. The van der Waals surface area contributed by atoms with Crippen LogP contribution in [0.25, 0.3) is 0 Å². The van der Waals surface area contributed by atoms with Gasteiger partial charge in [0.1, 0.15) is 11.4 Å². The van der Waals surface area contributed by atoms with Gasteiger partial charge in [-0.3, -0.25) is 9.59 Å². The van der Waals surface area contributed by atoms with Gasteiger partial charge in [-0.25, -0.2) is 0 Å². The number of benzene rings is 1. The van der Waals surface area contributed by atoms with Crippen molar-refractivity contribution in [1.82, 2.24) is 5.32 Å². The van der Waals surface area contributed by atoms with Crippen LogP contribution in [0.15, 0.2) is 39.1 Å². The second-order valence-corrected chi connectivity index (χ2v) is 11.0. The average Bonchev–Trinajstić information content (AvgIpc) is 3.40. The highest BCUT2D eigenvalue weighted by atomic mass is 79.9. The van der Waals surface area contributed by atoms with Crippen LogP contribution in [0.5, 0.6) is 0 Å². The molecule has 2 heterocycles. The predicted octanol–water partition coefficient (Wildman–Crippen LogP) is 4.95. The Labute approximate surface area is 215 Å². The Morgan fingerprint density at radius 2 is 2.03 bits per heavy atom. The van der Waals surface area contributed by atoms with Gasteiger partial charge in [0, 0.05) is 18.7 Å². The van der Waals surface area contributed by atoms with Gasteiger partial charge in [0.2, 0.25) is 12.1 Å². The maximum Gasteiger partial charge on any atom is 0.262 e. The molecule has 1 aromatic heterocycles. The van der Waals surface area contributed by atoms with Crippen molar-refractivity contribution in [3.63, 3.8) is 0 Å². The van der Waals surface area contributed by atoms with E-state index < -0.39 is 5.54 Å². The van der Waals surface area contributed by atoms with E-state index in [2.05, 4.69) is 31.6 Å². The van der Waals surface area contributed by atoms with Gasteiger partial charge in [-0.05, 0) is 59.1 Å². The van der Waals surface area contributed by atoms with E-state index in [9.17, 15) is 9.59 Å². The summed E-state index contributed by atoms with van der Waals surface area (Å²) in [6.45, 7) is 1.49. The molecule has 178 valence electrons. The number of carbonyl (C=O) groups is 2. The van der Waals surface area contributed by atoms with Gasteiger partial charge in [0.05, 0.1) is 32.6 Å². The second-order valence-electron chi connectivity index (χ2n) is 8.11. The molecule has 2 amide bonds. The third-order valence-electron chi connectivity index (χ3n) is 5.96. The van der Waals surface area contributed by atoms with E-state index in [1.807, 2.05) is 17.2 Å². The minimum atomic E-state index is -0.965. The van der Waals surface area contributed by atoms with Crippen molar-refractivity contribution in [3.8, 4) is 6.19 Å². The van der Waals surface area contributed by atoms with Crippen LogP contribution in [0.1, 0.15) is 41.8 Å². The van der Waals surface area contributed by atoms with Gasteiger partial charge >= 0.3 is 0 Å². The van der Waals surface area contributed by atoms with Crippen molar-refractivity contribution in [2.24, 2.45) is 4.99 Å². The molecule has 1 aliphatic heterocycles. The third kappa shape index (κ3) is 5.44. The molecule has 34 heavy (non-hydrogen) atoms. The molecule has 2 N–H and O–H groups in total. The lowest BCUT2D eigenvalue weighted by Gasteiger charge is -2.29. The molecular formula is C23H23BrClN5O3S. The summed E-state index contributed by atoms with van der Waals surface area (Å²) >= 11 is 11.3. The number of halogens is 2. The lowest BCUT2D eigenvalue weighted by atomic mass is 9.95. The van der Waals surface area contributed by atoms with Gasteiger partial charge in [-0.15, -0.1) is 11.3 Å². The number of amides is 2. The van der Waals surface area contributed by atoms with Crippen molar-refractivity contribution in [3.05, 3.63) is 44.0 Å². The van der Waals surface area contributed by atoms with Gasteiger partial charge in [-0.1, -0.05) is 24.4 Å². The number of nitrogens with one attached hydrogen (secondary N) is 2. The lowest BCUT2D eigenvalue weighted by Crippen LogP contribution is -2.54. The molecule has 4 rings (SSSR count). The summed E-state index contributed by atoms with van der Waals surface area (Å²) in [6, 6.07) is 8.77. The fourth-order valence-electron chi connectivity index (χ4n) is 4.28. The summed E-state index contributed by atoms with van der Waals surface area (Å²) in [5, 5.41) is 15.4. The molecule has 1 saturated carbocycles. The van der Waals surface area contributed by atoms with Gasteiger partial charge in [0.15, 0.2) is 0 Å². The zero-order chi connectivity index (χ0) is 24.1. The van der Waals surface area contributed by atoms with E-state index in [-0.39, 0.29) is 11.8 Å². The summed E-state index contributed by atoms with van der Waals surface area (Å²) in [5.41, 5.74) is 0.252. The Balaban J connectivity index is 1.51. The molecule has 0 spiro atoms. The Kier molecular flexibility index (Phi) is 7.88. The summed E-state index contributed by atoms with van der Waals surface area (Å²) in [4.78, 5) is 32.5. The molecule has 2 fully saturated rings. The van der Waals surface area contributed by atoms with Crippen LogP contribution in [0, 0.1) is 11.5 Å². The Morgan fingerprint density at radius 1 is 1.24 bits per heavy atom. The predicted molar refractivity (Wildman–Crippen MR) is 137 cm³/mol. The van der Waals surface area contributed by atoms with Crippen molar-refractivity contribution >= 4 is 67.9 Å². The number of hydrogen-bond donors (Lipinski definition) is 2. The minimum absolute atomic E-state index is 0.256. The zero-order valence-corrected chi connectivity index (χ0v) is 21.4. The van der Waals surface area contributed by atoms with E-state index in [0.717, 1.165) is 16.6 Å². The molecule has 11 heteroatoms. The number of amidine groups is 1. The summed E-state index contributed by atoms with van der Waals surface area (Å²) in [7, 11) is 0. The molecule has 1 aromatic carbocycles. The van der Waals surface area contributed by atoms with Crippen LogP contribution in [0.4, 0.5) is 11.4 Å². The normalized spacial score (nSPS) is 18.9. The molecule has 2 aromatic rings. The topological polar surface area (TPSA) is 107 Å². The van der Waals surface area contributed by atoms with Crippen molar-refractivity contribution < 1.29 is 14.3 Å². The fourth-order valence-corrected chi connectivity index (χ4v) is 5.84. The summed E-state index contributed by atoms with van der Waals surface area (Å²) in [5.74, 6) is 0.0769. The first-order valence-corrected chi connectivity index (χ1v) is 12.9. The number of carbonyl (C=O) groups excluding carboxylic acids is 2. The first kappa shape index (κ1) is 24.7. The Bertz CT molecular complexity index is 1160. The van der Waals surface area contributed by atoms with Crippen LogP contribution >= 0.6 is 38.9 Å². The molecular weight excluding hydrogens is 542 g/mol. The number of anilines is 2. The standard InChI is InChI=1S/C23H23BrClN5O3S/c24-19-6-5-18(34-19)21(31)29-23(8-1-2-9-23)22(32)28-15-3-4-17(16(25)13-15)30-10-12-33-11-7-20(30)27-14-26/h3-6,13H,1-2,7-12H2,(H,28,32)(H,29,31). The highest BCUT2D eigenvalue weighted by Gasteiger charge is 2.43. The van der Waals surface area contributed by atoms with Gasteiger partial charge in [0.25, 0.3) is 5.91 Å². The largest absolute Gasteiger partial charge is 0.379 e. The highest BCUT2D eigenvalue weighted by molar-refractivity contribution is 9.11. The van der Waals surface area contributed by atoms with E-state index in [1.165, 1.54) is 11.3 Å². The van der Waals surface area contributed by atoms with Crippen LogP contribution < -0.4 is 15.5 Å². The maximum atomic E-state index is 13.3. The van der Waals surface area contributed by atoms with E-state index >= 15 is 0 Å². The van der Waals surface area contributed by atoms with Crippen molar-refractivity contribution in [2.45, 2.75) is 37.6 Å². The van der Waals surface area contributed by atoms with Gasteiger partial charge in [-0.2, -0.15) is 10.3 Å². The van der Waals surface area contributed by atoms with Crippen molar-refractivity contribution in [2.75, 3.05) is 30.0 Å². The first-order chi connectivity index (χ1) is 16.4. The van der Waals surface area contributed by atoms with Crippen LogP contribution in [0.3, 0.4) is 0 Å². The lowest BCUT2D eigenvalue weighted by molar-refractivity contribution is -0.122. The van der Waals surface area contributed by atoms with Crippen LogP contribution in [-0.2, 0) is 9.53 Å². The molecule has 1 aliphatic carbocycles. The molecule has 0 atom stereocenters. The molecule has 0 unspecified atom stereocenters. The van der Waals surface area contributed by atoms with E-state index in [1.54, 1.807) is 24.3 Å². The quantitative estimate of drug-likeness (QED) is 0.500. The SMILES string of the molecule is N#CN=C1CCOCCN1c1ccc(NC(=O)C2(NC(=O)c3ccc(Br)s3)CCCC2)cc1Cl. The number of aliphatic imine (C=N–C) groups is 1. The molecule has 0 bridgehead atoms. The van der Waals surface area contributed by atoms with Crippen LogP contribution in [0.2, 0.25) is 5.02 Å². The number of hydrogen-bond acceptors (Lipinski definition) is 6. The molecule has 2 aliphatic rings. The fraction of sp³-hybridized carbons (Fsp3) is 0.391. The van der Waals surface area contributed by atoms with Gasteiger partial charge < -0.3 is 20.3 Å². The second kappa shape index (κ2) is 10.9. The molecule has 8 nitrogen and oxygen atoms in total. The average molecular weight is 565 g/mol. The number of rotatable bonds is 5. The van der Waals surface area contributed by atoms with Crippen LogP contribution in [-0.4, -0.2) is 42.9 Å². The first-order valence-electron chi connectivity index (χ1n) is 10.9. The Morgan fingerprint density at radius 3 is 2.71 bits per heavy atom. The third-order valence-corrected chi connectivity index (χ3v) is 7.88. The number of nitrogens with zero attached hydrogens (tertiary/aromatic N) is 3. The zero-order valence-electron chi connectivity index (χ0n) is 18.3.